The molecule has 0 amide bonds. The van der Waals surface area contributed by atoms with Crippen molar-refractivity contribution in [2.75, 3.05) is 39.8 Å². The molecule has 1 aliphatic heterocycles. The number of allylic oxidation sites excluding steroid dienone is 2. The Morgan fingerprint density at radius 1 is 1.00 bits per heavy atom. The van der Waals surface area contributed by atoms with Gasteiger partial charge in [-0.05, 0) is 19.0 Å². The molecule has 0 saturated carbocycles. The Kier molecular flexibility index (Phi) is 9.62. The first-order valence-electron chi connectivity index (χ1n) is 7.06. The molecule has 0 aliphatic carbocycles. The van der Waals surface area contributed by atoms with Crippen LogP contribution in [-0.4, -0.2) is 49.6 Å². The maximum absolute atomic E-state index is 4.09. The second kappa shape index (κ2) is 10.1. The largest absolute Gasteiger partial charge is 0.304 e. The third kappa shape index (κ3) is 7.46. The van der Waals surface area contributed by atoms with Gasteiger partial charge >= 0.3 is 0 Å². The van der Waals surface area contributed by atoms with Gasteiger partial charge in [0, 0.05) is 32.7 Å². The number of likely N-dealkylation sites (N-methyl/N-ethyl adjacent to an activating group) is 1. The summed E-state index contributed by atoms with van der Waals surface area (Å²) in [5.41, 5.74) is 2.35. The van der Waals surface area contributed by atoms with E-state index in [1.54, 1.807) is 0 Å². The highest BCUT2D eigenvalue weighted by atomic mass is 15.2. The molecule has 0 aromatic heterocycles. The Hall–Kier alpha value is -0.860. The lowest BCUT2D eigenvalue weighted by atomic mass is 10.1. The Labute approximate surface area is 114 Å². The van der Waals surface area contributed by atoms with Crippen LogP contribution in [0.25, 0.3) is 0 Å². The highest BCUT2D eigenvalue weighted by Crippen LogP contribution is 2.06. The third-order valence-corrected chi connectivity index (χ3v) is 3.03. The second-order valence-electron chi connectivity index (χ2n) is 4.58. The van der Waals surface area contributed by atoms with Crippen LogP contribution in [0.4, 0.5) is 0 Å². The predicted octanol–water partition coefficient (Wildman–Crippen LogP) is 3.34. The molecular formula is C16H30N2. The highest BCUT2D eigenvalue weighted by Gasteiger charge is 2.13. The minimum absolute atomic E-state index is 0.987. The highest BCUT2D eigenvalue weighted by molar-refractivity contribution is 5.24. The number of rotatable bonds is 5. The molecule has 0 N–H and O–H groups in total. The van der Waals surface area contributed by atoms with Gasteiger partial charge in [0.1, 0.15) is 0 Å². The lowest BCUT2D eigenvalue weighted by molar-refractivity contribution is 0.165. The average Bonchev–Trinajstić information content (AvgIpc) is 2.41. The molecule has 18 heavy (non-hydrogen) atoms. The summed E-state index contributed by atoms with van der Waals surface area (Å²) in [6, 6.07) is 0. The van der Waals surface area contributed by atoms with Crippen LogP contribution in [0.2, 0.25) is 0 Å². The fourth-order valence-corrected chi connectivity index (χ4v) is 1.70. The zero-order valence-corrected chi connectivity index (χ0v) is 12.7. The van der Waals surface area contributed by atoms with Crippen LogP contribution in [0.3, 0.4) is 0 Å². The van der Waals surface area contributed by atoms with Crippen LogP contribution in [0.15, 0.2) is 36.5 Å². The van der Waals surface area contributed by atoms with Crippen molar-refractivity contribution in [3.63, 3.8) is 0 Å². The van der Waals surface area contributed by atoms with E-state index in [2.05, 4.69) is 49.1 Å². The molecule has 0 bridgehead atoms. The summed E-state index contributed by atoms with van der Waals surface area (Å²) in [4.78, 5) is 4.83. The van der Waals surface area contributed by atoms with Gasteiger partial charge in [-0.3, -0.25) is 4.90 Å². The van der Waals surface area contributed by atoms with E-state index in [9.17, 15) is 0 Å². The molecule has 0 spiro atoms. The van der Waals surface area contributed by atoms with E-state index in [4.69, 9.17) is 0 Å². The smallest absolute Gasteiger partial charge is 0.0228 e. The van der Waals surface area contributed by atoms with Crippen molar-refractivity contribution in [2.45, 2.75) is 27.2 Å². The lowest BCUT2D eigenvalue weighted by Crippen LogP contribution is -2.44. The minimum Gasteiger partial charge on any atom is -0.304 e. The number of nitrogens with zero attached hydrogens (tertiary/aromatic N) is 2. The lowest BCUT2D eigenvalue weighted by Gasteiger charge is -2.32. The van der Waals surface area contributed by atoms with Gasteiger partial charge in [-0.1, -0.05) is 51.7 Å². The van der Waals surface area contributed by atoms with Gasteiger partial charge in [-0.2, -0.15) is 0 Å². The summed E-state index contributed by atoms with van der Waals surface area (Å²) >= 11 is 0. The number of piperazine rings is 1. The average molecular weight is 250 g/mol. The molecule has 0 unspecified atom stereocenters. The molecule has 104 valence electrons. The van der Waals surface area contributed by atoms with Crippen LogP contribution in [0.5, 0.6) is 0 Å². The quantitative estimate of drug-likeness (QED) is 0.691. The van der Waals surface area contributed by atoms with Crippen molar-refractivity contribution in [2.24, 2.45) is 0 Å². The van der Waals surface area contributed by atoms with E-state index >= 15 is 0 Å². The SMILES string of the molecule is C=C(/C=C\C(=C)CN1CCN(C)CC1)CC.CC. The molecule has 0 aromatic rings. The topological polar surface area (TPSA) is 6.48 Å². The predicted molar refractivity (Wildman–Crippen MR) is 83.0 cm³/mol. The molecule has 0 atom stereocenters. The van der Waals surface area contributed by atoms with Crippen LogP contribution in [-0.2, 0) is 0 Å². The molecule has 1 rings (SSSR count). The Morgan fingerprint density at radius 2 is 1.50 bits per heavy atom. The first kappa shape index (κ1) is 17.1. The molecular weight excluding hydrogens is 220 g/mol. The van der Waals surface area contributed by atoms with Crippen LogP contribution < -0.4 is 0 Å². The van der Waals surface area contributed by atoms with Crippen LogP contribution in [0.1, 0.15) is 27.2 Å². The molecule has 0 aromatic carbocycles. The van der Waals surface area contributed by atoms with Crippen molar-refractivity contribution in [3.05, 3.63) is 36.5 Å². The first-order valence-corrected chi connectivity index (χ1v) is 7.06. The summed E-state index contributed by atoms with van der Waals surface area (Å²) in [5.74, 6) is 0. The fraction of sp³-hybridized carbons (Fsp3) is 0.625. The van der Waals surface area contributed by atoms with Crippen molar-refractivity contribution >= 4 is 0 Å². The van der Waals surface area contributed by atoms with E-state index in [0.717, 1.165) is 26.1 Å². The molecule has 1 saturated heterocycles. The monoisotopic (exact) mass is 250 g/mol. The molecule has 0 radical (unpaired) electrons. The van der Waals surface area contributed by atoms with Gasteiger partial charge < -0.3 is 4.90 Å². The number of hydrogen-bond acceptors (Lipinski definition) is 2. The molecule has 1 aliphatic rings. The molecule has 1 fully saturated rings. The molecule has 2 heteroatoms. The Bertz CT molecular complexity index is 271. The number of hydrogen-bond donors (Lipinski definition) is 0. The Morgan fingerprint density at radius 3 is 2.00 bits per heavy atom. The van der Waals surface area contributed by atoms with Crippen molar-refractivity contribution in [1.82, 2.24) is 9.80 Å². The van der Waals surface area contributed by atoms with E-state index in [1.807, 2.05) is 13.8 Å². The van der Waals surface area contributed by atoms with Gasteiger partial charge in [0.15, 0.2) is 0 Å². The van der Waals surface area contributed by atoms with Gasteiger partial charge in [-0.25, -0.2) is 0 Å². The van der Waals surface area contributed by atoms with Crippen molar-refractivity contribution < 1.29 is 0 Å². The van der Waals surface area contributed by atoms with E-state index in [0.29, 0.717) is 0 Å². The summed E-state index contributed by atoms with van der Waals surface area (Å²) in [6.45, 7) is 19.8. The first-order chi connectivity index (χ1) is 8.61. The van der Waals surface area contributed by atoms with Crippen molar-refractivity contribution in [3.8, 4) is 0 Å². The summed E-state index contributed by atoms with van der Waals surface area (Å²) in [5, 5.41) is 0. The fourth-order valence-electron chi connectivity index (χ4n) is 1.70. The summed E-state index contributed by atoms with van der Waals surface area (Å²) < 4.78 is 0. The van der Waals surface area contributed by atoms with E-state index in [-0.39, 0.29) is 0 Å². The minimum atomic E-state index is 0.987. The van der Waals surface area contributed by atoms with Gasteiger partial charge in [0.2, 0.25) is 0 Å². The summed E-state index contributed by atoms with van der Waals surface area (Å²) in [6.07, 6.45) is 5.20. The Balaban J connectivity index is 0.00000137. The van der Waals surface area contributed by atoms with Gasteiger partial charge in [0.05, 0.1) is 0 Å². The summed E-state index contributed by atoms with van der Waals surface area (Å²) in [7, 11) is 2.18. The normalized spacial score (nSPS) is 17.3. The van der Waals surface area contributed by atoms with Crippen LogP contribution in [0, 0.1) is 0 Å². The molecule has 2 nitrogen and oxygen atoms in total. The van der Waals surface area contributed by atoms with Crippen molar-refractivity contribution in [1.29, 1.82) is 0 Å². The van der Waals surface area contributed by atoms with Crippen LogP contribution >= 0.6 is 0 Å². The standard InChI is InChI=1S/C14H24N2.C2H6/c1-5-13(2)6-7-14(3)12-16-10-8-15(4)9-11-16;1-2/h6-7H,2-3,5,8-12H2,1,4H3;1-2H3/b7-6-;. The zero-order chi connectivity index (χ0) is 14.0. The zero-order valence-electron chi connectivity index (χ0n) is 12.7. The maximum atomic E-state index is 4.09. The van der Waals surface area contributed by atoms with E-state index < -0.39 is 0 Å². The third-order valence-electron chi connectivity index (χ3n) is 3.03. The van der Waals surface area contributed by atoms with Gasteiger partial charge in [0.25, 0.3) is 0 Å². The van der Waals surface area contributed by atoms with Gasteiger partial charge in [-0.15, -0.1) is 0 Å². The maximum Gasteiger partial charge on any atom is 0.0228 e. The van der Waals surface area contributed by atoms with E-state index in [1.165, 1.54) is 24.2 Å². The molecule has 1 heterocycles. The second-order valence-corrected chi connectivity index (χ2v) is 4.58.